The molecule has 0 saturated heterocycles. The Balaban J connectivity index is 1.84. The molecule has 1 amide bonds. The fraction of sp³-hybridized carbons (Fsp3) is 0.296. The van der Waals surface area contributed by atoms with E-state index in [2.05, 4.69) is 10.3 Å². The molecule has 0 aliphatic heterocycles. The molecule has 4 aromatic rings. The molecule has 2 heterocycles. The first-order chi connectivity index (χ1) is 17.8. The Morgan fingerprint density at radius 1 is 1.03 bits per heavy atom. The summed E-state index contributed by atoms with van der Waals surface area (Å²) in [5.41, 5.74) is 1.70. The first-order valence-electron chi connectivity index (χ1n) is 12.0. The van der Waals surface area contributed by atoms with Crippen LogP contribution in [-0.4, -0.2) is 34.6 Å². The monoisotopic (exact) mass is 544 g/mol. The van der Waals surface area contributed by atoms with E-state index in [4.69, 9.17) is 4.98 Å². The van der Waals surface area contributed by atoms with Gasteiger partial charge in [-0.2, -0.15) is 13.2 Å². The van der Waals surface area contributed by atoms with Crippen LogP contribution in [0.25, 0.3) is 22.3 Å². The Bertz CT molecular complexity index is 1610. The first kappa shape index (κ1) is 27.3. The highest BCUT2D eigenvalue weighted by molar-refractivity contribution is 7.91. The molecule has 0 spiro atoms. The fourth-order valence-electron chi connectivity index (χ4n) is 4.29. The maximum absolute atomic E-state index is 13.6. The zero-order valence-corrected chi connectivity index (χ0v) is 22.1. The molecule has 2 aromatic carbocycles. The second-order valence-electron chi connectivity index (χ2n) is 9.19. The predicted molar refractivity (Wildman–Crippen MR) is 140 cm³/mol. The molecule has 11 heteroatoms. The van der Waals surface area contributed by atoms with Gasteiger partial charge in [0.05, 0.1) is 16.2 Å². The Hall–Kier alpha value is -3.73. The van der Waals surface area contributed by atoms with Gasteiger partial charge < -0.3 is 9.88 Å². The summed E-state index contributed by atoms with van der Waals surface area (Å²) < 4.78 is 67.2. The number of halogens is 3. The SMILES string of the molecule is CCS(=O)(=O)c1ccc(-c2cc(C(F)(F)F)ccc2Cc2nc3ccc(NC(C)=O)nc3n2C(C)C)cc1. The number of aromatic nitrogens is 3. The number of hydrogen-bond donors (Lipinski definition) is 1. The van der Waals surface area contributed by atoms with Crippen molar-refractivity contribution in [1.29, 1.82) is 0 Å². The van der Waals surface area contributed by atoms with E-state index in [1.54, 1.807) is 12.1 Å². The van der Waals surface area contributed by atoms with Crippen LogP contribution < -0.4 is 5.32 Å². The second-order valence-corrected chi connectivity index (χ2v) is 11.5. The van der Waals surface area contributed by atoms with Crippen LogP contribution in [0.2, 0.25) is 0 Å². The van der Waals surface area contributed by atoms with Crippen LogP contribution in [0.1, 0.15) is 50.7 Å². The normalized spacial score (nSPS) is 12.3. The lowest BCUT2D eigenvalue weighted by Crippen LogP contribution is -2.11. The average molecular weight is 545 g/mol. The molecule has 0 fully saturated rings. The van der Waals surface area contributed by atoms with Crippen molar-refractivity contribution >= 4 is 32.7 Å². The predicted octanol–water partition coefficient (Wildman–Crippen LogP) is 6.04. The van der Waals surface area contributed by atoms with Gasteiger partial charge in [-0.3, -0.25) is 4.79 Å². The third kappa shape index (κ3) is 5.57. The summed E-state index contributed by atoms with van der Waals surface area (Å²) in [7, 11) is -3.45. The van der Waals surface area contributed by atoms with Gasteiger partial charge in [0.1, 0.15) is 17.2 Å². The molecular formula is C27H27F3N4O3S. The lowest BCUT2D eigenvalue weighted by atomic mass is 9.95. The molecule has 1 N–H and O–H groups in total. The van der Waals surface area contributed by atoms with Gasteiger partial charge in [-0.05, 0) is 66.9 Å². The molecule has 0 saturated carbocycles. The van der Waals surface area contributed by atoms with E-state index in [1.165, 1.54) is 44.2 Å². The summed E-state index contributed by atoms with van der Waals surface area (Å²) in [5, 5.41) is 2.65. The summed E-state index contributed by atoms with van der Waals surface area (Å²) >= 11 is 0. The van der Waals surface area contributed by atoms with Crippen molar-refractivity contribution in [2.24, 2.45) is 0 Å². The van der Waals surface area contributed by atoms with Gasteiger partial charge >= 0.3 is 6.18 Å². The minimum atomic E-state index is -4.55. The highest BCUT2D eigenvalue weighted by atomic mass is 32.2. The zero-order valence-electron chi connectivity index (χ0n) is 21.3. The highest BCUT2D eigenvalue weighted by Crippen LogP contribution is 2.36. The van der Waals surface area contributed by atoms with Crippen molar-refractivity contribution in [1.82, 2.24) is 14.5 Å². The number of alkyl halides is 3. The number of nitrogens with one attached hydrogen (secondary N) is 1. The zero-order chi connectivity index (χ0) is 27.8. The van der Waals surface area contributed by atoms with Crippen molar-refractivity contribution in [3.05, 3.63) is 71.5 Å². The second kappa shape index (κ2) is 10.2. The quantitative estimate of drug-likeness (QED) is 0.306. The first-order valence-corrected chi connectivity index (χ1v) is 13.6. The molecule has 200 valence electrons. The van der Waals surface area contributed by atoms with Crippen LogP contribution in [0.5, 0.6) is 0 Å². The van der Waals surface area contributed by atoms with E-state index in [9.17, 15) is 26.4 Å². The average Bonchev–Trinajstić information content (AvgIpc) is 3.20. The number of pyridine rings is 1. The standard InChI is InChI=1S/C27H27F3N4O3S/c1-5-38(36,37)21-10-7-18(8-11-21)22-15-20(27(28,29)30)9-6-19(22)14-25-32-23-12-13-24(31-17(4)35)33-26(23)34(25)16(2)3/h6-13,15-16H,5,14H2,1-4H3,(H,31,33,35). The van der Waals surface area contributed by atoms with Gasteiger partial charge in [0, 0.05) is 19.4 Å². The van der Waals surface area contributed by atoms with Gasteiger partial charge in [-0.25, -0.2) is 18.4 Å². The number of amides is 1. The fourth-order valence-corrected chi connectivity index (χ4v) is 5.18. The third-order valence-corrected chi connectivity index (χ3v) is 7.87. The van der Waals surface area contributed by atoms with Gasteiger partial charge in [0.25, 0.3) is 0 Å². The van der Waals surface area contributed by atoms with Gasteiger partial charge in [-0.1, -0.05) is 25.1 Å². The minimum Gasteiger partial charge on any atom is -0.311 e. The number of carbonyl (C=O) groups excluding carboxylic acids is 1. The van der Waals surface area contributed by atoms with Crippen molar-refractivity contribution in [2.45, 2.75) is 51.2 Å². The molecule has 0 atom stereocenters. The Morgan fingerprint density at radius 3 is 2.29 bits per heavy atom. The van der Waals surface area contributed by atoms with Crippen LogP contribution in [0.15, 0.2) is 59.5 Å². The lowest BCUT2D eigenvalue weighted by Gasteiger charge is -2.17. The van der Waals surface area contributed by atoms with Gasteiger partial charge in [0.2, 0.25) is 5.91 Å². The molecule has 0 aliphatic carbocycles. The number of nitrogens with zero attached hydrogens (tertiary/aromatic N) is 3. The largest absolute Gasteiger partial charge is 0.416 e. The molecule has 38 heavy (non-hydrogen) atoms. The summed E-state index contributed by atoms with van der Waals surface area (Å²) in [6, 6.07) is 12.7. The number of benzene rings is 2. The van der Waals surface area contributed by atoms with Crippen molar-refractivity contribution in [3.63, 3.8) is 0 Å². The molecule has 0 bridgehead atoms. The third-order valence-electron chi connectivity index (χ3n) is 6.12. The van der Waals surface area contributed by atoms with Crippen LogP contribution in [0.4, 0.5) is 19.0 Å². The molecule has 0 unspecified atom stereocenters. The van der Waals surface area contributed by atoms with Crippen LogP contribution >= 0.6 is 0 Å². The van der Waals surface area contributed by atoms with Gasteiger partial charge in [-0.15, -0.1) is 0 Å². The topological polar surface area (TPSA) is 93.9 Å². The maximum Gasteiger partial charge on any atom is 0.416 e. The number of hydrogen-bond acceptors (Lipinski definition) is 5. The van der Waals surface area contributed by atoms with E-state index >= 15 is 0 Å². The van der Waals surface area contributed by atoms with E-state index in [-0.39, 0.29) is 29.0 Å². The number of anilines is 1. The van der Waals surface area contributed by atoms with E-state index in [0.717, 1.165) is 12.1 Å². The van der Waals surface area contributed by atoms with Crippen molar-refractivity contribution < 1.29 is 26.4 Å². The summed E-state index contributed by atoms with van der Waals surface area (Å²) in [6.45, 7) is 6.80. The van der Waals surface area contributed by atoms with Crippen molar-refractivity contribution in [2.75, 3.05) is 11.1 Å². The minimum absolute atomic E-state index is 0.0773. The van der Waals surface area contributed by atoms with E-state index < -0.39 is 21.6 Å². The molecule has 0 aliphatic rings. The number of fused-ring (bicyclic) bond motifs is 1. The van der Waals surface area contributed by atoms with Gasteiger partial charge in [0.15, 0.2) is 15.5 Å². The highest BCUT2D eigenvalue weighted by Gasteiger charge is 2.31. The lowest BCUT2D eigenvalue weighted by molar-refractivity contribution is -0.137. The molecular weight excluding hydrogens is 517 g/mol. The van der Waals surface area contributed by atoms with Crippen LogP contribution in [0, 0.1) is 0 Å². The number of rotatable bonds is 7. The Morgan fingerprint density at radius 2 is 1.71 bits per heavy atom. The number of imidazole rings is 1. The Labute approximate surface area is 218 Å². The summed E-state index contributed by atoms with van der Waals surface area (Å²) in [6.07, 6.45) is -4.35. The number of sulfone groups is 1. The van der Waals surface area contributed by atoms with Crippen molar-refractivity contribution in [3.8, 4) is 11.1 Å². The summed E-state index contributed by atoms with van der Waals surface area (Å²) in [4.78, 5) is 20.8. The van der Waals surface area contributed by atoms with E-state index in [0.29, 0.717) is 39.5 Å². The van der Waals surface area contributed by atoms with Crippen LogP contribution in [-0.2, 0) is 27.2 Å². The maximum atomic E-state index is 13.6. The van der Waals surface area contributed by atoms with Crippen LogP contribution in [0.3, 0.4) is 0 Å². The molecule has 2 aromatic heterocycles. The smallest absolute Gasteiger partial charge is 0.311 e. The number of carbonyl (C=O) groups is 1. The molecule has 0 radical (unpaired) electrons. The molecule has 7 nitrogen and oxygen atoms in total. The Kier molecular flexibility index (Phi) is 7.33. The van der Waals surface area contributed by atoms with E-state index in [1.807, 2.05) is 18.4 Å². The molecule has 4 rings (SSSR count). The summed E-state index contributed by atoms with van der Waals surface area (Å²) in [5.74, 6) is 0.619.